The molecule has 0 spiro atoms. The zero-order valence-electron chi connectivity index (χ0n) is 9.37. The maximum atomic E-state index is 2.29. The zero-order chi connectivity index (χ0) is 9.78. The SMILES string of the molecule is CCCCC[CH2][Au][CH2]CCCCC. The number of rotatable bonds is 10. The zero-order valence-corrected chi connectivity index (χ0v) is 11.5. The molecular formula is C12H26Au. The van der Waals surface area contributed by atoms with Gasteiger partial charge in [-0.05, 0) is 0 Å². The van der Waals surface area contributed by atoms with E-state index >= 15 is 0 Å². The molecule has 0 heterocycles. The molecule has 0 atom stereocenters. The van der Waals surface area contributed by atoms with Crippen LogP contribution in [0.1, 0.15) is 65.2 Å². The molecule has 1 heteroatoms. The molecule has 0 aromatic heterocycles. The quantitative estimate of drug-likeness (QED) is 0.374. The first-order valence-electron chi connectivity index (χ1n) is 5.84. The van der Waals surface area contributed by atoms with Gasteiger partial charge in [0.15, 0.2) is 0 Å². The molecule has 0 aliphatic rings. The third-order valence-corrected chi connectivity index (χ3v) is 5.20. The van der Waals surface area contributed by atoms with Gasteiger partial charge in [-0.2, -0.15) is 0 Å². The molecule has 0 N–H and O–H groups in total. The van der Waals surface area contributed by atoms with Crippen molar-refractivity contribution in [1.29, 1.82) is 0 Å². The van der Waals surface area contributed by atoms with Crippen molar-refractivity contribution in [1.82, 2.24) is 0 Å². The minimum atomic E-state index is 0.693. The van der Waals surface area contributed by atoms with Gasteiger partial charge in [-0.15, -0.1) is 0 Å². The predicted octanol–water partition coefficient (Wildman–Crippen LogP) is 5.07. The molecule has 0 unspecified atom stereocenters. The fourth-order valence-electron chi connectivity index (χ4n) is 1.23. The molecule has 0 amide bonds. The van der Waals surface area contributed by atoms with E-state index < -0.39 is 0 Å². The first-order chi connectivity index (χ1) is 6.41. The van der Waals surface area contributed by atoms with Crippen molar-refractivity contribution in [3.8, 4) is 0 Å². The van der Waals surface area contributed by atoms with Crippen LogP contribution in [0.3, 0.4) is 0 Å². The third-order valence-electron chi connectivity index (χ3n) is 2.13. The molecule has 0 aliphatic carbocycles. The number of hydrogen-bond donors (Lipinski definition) is 0. The van der Waals surface area contributed by atoms with Gasteiger partial charge in [-0.25, -0.2) is 0 Å². The Morgan fingerprint density at radius 2 is 1.08 bits per heavy atom. The van der Waals surface area contributed by atoms with Crippen molar-refractivity contribution in [3.63, 3.8) is 0 Å². The van der Waals surface area contributed by atoms with E-state index in [0.29, 0.717) is 19.8 Å². The summed E-state index contributed by atoms with van der Waals surface area (Å²) in [6, 6.07) is 0. The van der Waals surface area contributed by atoms with Crippen LogP contribution in [0, 0.1) is 0 Å². The molecule has 0 bridgehead atoms. The van der Waals surface area contributed by atoms with Gasteiger partial charge in [-0.3, -0.25) is 0 Å². The molecule has 0 fully saturated rings. The normalized spacial score (nSPS) is 10.9. The Balaban J connectivity index is 2.76. The monoisotopic (exact) mass is 367 g/mol. The second kappa shape index (κ2) is 12.7. The first kappa shape index (κ1) is 13.7. The summed E-state index contributed by atoms with van der Waals surface area (Å²) in [5.41, 5.74) is 0. The van der Waals surface area contributed by atoms with Gasteiger partial charge in [0.05, 0.1) is 0 Å². The number of hydrogen-bond acceptors (Lipinski definition) is 0. The van der Waals surface area contributed by atoms with Crippen LogP contribution >= 0.6 is 0 Å². The topological polar surface area (TPSA) is 0 Å². The van der Waals surface area contributed by atoms with Crippen LogP contribution in [-0.4, -0.2) is 0 Å². The Hall–Kier alpha value is 0.740. The molecule has 0 radical (unpaired) electrons. The van der Waals surface area contributed by atoms with Crippen LogP contribution in [0.5, 0.6) is 0 Å². The molecule has 0 nitrogen and oxygen atoms in total. The van der Waals surface area contributed by atoms with E-state index in [1.54, 1.807) is 9.28 Å². The Labute approximate surface area is 94.2 Å². The Morgan fingerprint density at radius 1 is 0.615 bits per heavy atom. The Bertz CT molecular complexity index is 71.2. The van der Waals surface area contributed by atoms with Crippen molar-refractivity contribution >= 4 is 0 Å². The summed E-state index contributed by atoms with van der Waals surface area (Å²) in [5, 5.41) is 0. The molecule has 0 rings (SSSR count). The van der Waals surface area contributed by atoms with E-state index in [2.05, 4.69) is 13.8 Å². The van der Waals surface area contributed by atoms with Crippen molar-refractivity contribution in [2.24, 2.45) is 0 Å². The van der Waals surface area contributed by atoms with Crippen molar-refractivity contribution in [2.75, 3.05) is 0 Å². The molecule has 0 aliphatic heterocycles. The molecule has 0 aromatic rings. The van der Waals surface area contributed by atoms with E-state index in [-0.39, 0.29) is 0 Å². The molecule has 13 heavy (non-hydrogen) atoms. The minimum absolute atomic E-state index is 0.693. The fraction of sp³-hybridized carbons (Fsp3) is 1.00. The van der Waals surface area contributed by atoms with Gasteiger partial charge in [0.2, 0.25) is 0 Å². The Kier molecular flexibility index (Phi) is 13.5. The second-order valence-electron chi connectivity index (χ2n) is 3.57. The number of unbranched alkanes of at least 4 members (excludes halogenated alkanes) is 6. The van der Waals surface area contributed by atoms with E-state index in [9.17, 15) is 0 Å². The van der Waals surface area contributed by atoms with Crippen LogP contribution in [0.2, 0.25) is 9.28 Å². The predicted molar refractivity (Wildman–Crippen MR) is 57.9 cm³/mol. The first-order valence-corrected chi connectivity index (χ1v) is 8.90. The second-order valence-corrected chi connectivity index (χ2v) is 6.82. The van der Waals surface area contributed by atoms with Gasteiger partial charge in [0.25, 0.3) is 0 Å². The van der Waals surface area contributed by atoms with Gasteiger partial charge >= 0.3 is 94.2 Å². The van der Waals surface area contributed by atoms with E-state index in [1.807, 2.05) is 0 Å². The standard InChI is InChI=1S/2C6H13.Au/c2*1-3-5-6-4-2;/h2*1,3-6H2,2H3;. The van der Waals surface area contributed by atoms with Crippen molar-refractivity contribution in [2.45, 2.75) is 74.5 Å². The van der Waals surface area contributed by atoms with Crippen LogP contribution in [-0.2, 0) is 19.8 Å². The third kappa shape index (κ3) is 12.7. The summed E-state index contributed by atoms with van der Waals surface area (Å²) >= 11 is 0.693. The summed E-state index contributed by atoms with van der Waals surface area (Å²) in [6.45, 7) is 4.58. The molecule has 85 valence electrons. The average molecular weight is 367 g/mol. The van der Waals surface area contributed by atoms with Crippen molar-refractivity contribution < 1.29 is 19.8 Å². The molecule has 0 saturated heterocycles. The summed E-state index contributed by atoms with van der Waals surface area (Å²) < 4.78 is 3.15. The summed E-state index contributed by atoms with van der Waals surface area (Å²) in [6.07, 6.45) is 11.7. The van der Waals surface area contributed by atoms with Crippen LogP contribution in [0.15, 0.2) is 0 Å². The summed E-state index contributed by atoms with van der Waals surface area (Å²) in [4.78, 5) is 0. The van der Waals surface area contributed by atoms with Crippen LogP contribution < -0.4 is 0 Å². The van der Waals surface area contributed by atoms with E-state index in [4.69, 9.17) is 0 Å². The van der Waals surface area contributed by atoms with Crippen LogP contribution in [0.4, 0.5) is 0 Å². The Morgan fingerprint density at radius 3 is 1.46 bits per heavy atom. The van der Waals surface area contributed by atoms with E-state index in [0.717, 1.165) is 0 Å². The van der Waals surface area contributed by atoms with Gasteiger partial charge in [-0.1, -0.05) is 0 Å². The van der Waals surface area contributed by atoms with Gasteiger partial charge < -0.3 is 0 Å². The van der Waals surface area contributed by atoms with Gasteiger partial charge in [0, 0.05) is 0 Å². The molecular weight excluding hydrogens is 341 g/mol. The van der Waals surface area contributed by atoms with Gasteiger partial charge in [0.1, 0.15) is 0 Å². The summed E-state index contributed by atoms with van der Waals surface area (Å²) in [5.74, 6) is 0. The summed E-state index contributed by atoms with van der Waals surface area (Å²) in [7, 11) is 0. The van der Waals surface area contributed by atoms with Crippen molar-refractivity contribution in [3.05, 3.63) is 0 Å². The van der Waals surface area contributed by atoms with Crippen LogP contribution in [0.25, 0.3) is 0 Å². The molecule has 0 aromatic carbocycles. The van der Waals surface area contributed by atoms with E-state index in [1.165, 1.54) is 51.4 Å². The average Bonchev–Trinajstić information content (AvgIpc) is 2.16. The molecule has 0 saturated carbocycles. The fourth-order valence-corrected chi connectivity index (χ4v) is 3.94. The maximum absolute atomic E-state index is 2.29.